The van der Waals surface area contributed by atoms with E-state index in [2.05, 4.69) is 16.5 Å². The average molecular weight is 212 g/mol. The van der Waals surface area contributed by atoms with Crippen LogP contribution >= 0.6 is 0 Å². The molecule has 3 heteroatoms. The Morgan fingerprint density at radius 2 is 1.69 bits per heavy atom. The third-order valence-corrected chi connectivity index (χ3v) is 2.12. The second-order valence-electron chi connectivity index (χ2n) is 3.48. The predicted octanol–water partition coefficient (Wildman–Crippen LogP) is 3.30. The van der Waals surface area contributed by atoms with Crippen LogP contribution in [0.2, 0.25) is 0 Å². The van der Waals surface area contributed by atoms with Gasteiger partial charge < -0.3 is 4.74 Å². The summed E-state index contributed by atoms with van der Waals surface area (Å²) in [6.07, 6.45) is 4.72. The zero-order chi connectivity index (χ0) is 11.4. The van der Waals surface area contributed by atoms with Gasteiger partial charge in [-0.15, -0.1) is 0 Å². The first kappa shape index (κ1) is 10.4. The summed E-state index contributed by atoms with van der Waals surface area (Å²) in [6.45, 7) is 5.85. The zero-order valence-corrected chi connectivity index (χ0v) is 9.05. The molecule has 0 fully saturated rings. The highest BCUT2D eigenvalue weighted by Gasteiger charge is 1.98. The van der Waals surface area contributed by atoms with Gasteiger partial charge in [-0.3, -0.25) is 0 Å². The molecular weight excluding hydrogens is 200 g/mol. The van der Waals surface area contributed by atoms with Crippen molar-refractivity contribution in [1.29, 1.82) is 0 Å². The largest absolute Gasteiger partial charge is 0.454 e. The highest BCUT2D eigenvalue weighted by molar-refractivity contribution is 5.61. The Kier molecular flexibility index (Phi) is 2.96. The third-order valence-electron chi connectivity index (χ3n) is 2.12. The van der Waals surface area contributed by atoms with Crippen LogP contribution in [0.1, 0.15) is 12.5 Å². The van der Waals surface area contributed by atoms with Crippen LogP contribution in [0.5, 0.6) is 11.5 Å². The molecule has 80 valence electrons. The third kappa shape index (κ3) is 2.45. The summed E-state index contributed by atoms with van der Waals surface area (Å²) in [5, 5.41) is 0. The first-order valence-electron chi connectivity index (χ1n) is 4.94. The molecule has 0 atom stereocenters. The molecule has 0 spiro atoms. The van der Waals surface area contributed by atoms with Crippen molar-refractivity contribution in [3.63, 3.8) is 0 Å². The molecule has 0 radical (unpaired) electrons. The normalized spacial score (nSPS) is 9.81. The highest BCUT2D eigenvalue weighted by atomic mass is 16.5. The Morgan fingerprint density at radius 3 is 2.25 bits per heavy atom. The van der Waals surface area contributed by atoms with E-state index in [4.69, 9.17) is 4.74 Å². The standard InChI is InChI=1S/C13H12N2O/c1-10(2)11-3-5-12(6-4-11)16-13-7-14-9-15-8-13/h3-9H,1H2,2H3. The fraction of sp³-hybridized carbons (Fsp3) is 0.0769. The molecule has 0 aliphatic carbocycles. The predicted molar refractivity (Wildman–Crippen MR) is 63.3 cm³/mol. The highest BCUT2D eigenvalue weighted by Crippen LogP contribution is 2.21. The second-order valence-corrected chi connectivity index (χ2v) is 3.48. The monoisotopic (exact) mass is 212 g/mol. The van der Waals surface area contributed by atoms with E-state index in [0.717, 1.165) is 16.9 Å². The Hall–Kier alpha value is -2.16. The van der Waals surface area contributed by atoms with Gasteiger partial charge in [0, 0.05) is 0 Å². The summed E-state index contributed by atoms with van der Waals surface area (Å²) >= 11 is 0. The van der Waals surface area contributed by atoms with Gasteiger partial charge in [-0.1, -0.05) is 24.3 Å². The van der Waals surface area contributed by atoms with Crippen molar-refractivity contribution < 1.29 is 4.74 Å². The Balaban J connectivity index is 2.14. The van der Waals surface area contributed by atoms with Crippen LogP contribution in [-0.4, -0.2) is 9.97 Å². The van der Waals surface area contributed by atoms with Crippen molar-refractivity contribution in [2.45, 2.75) is 6.92 Å². The van der Waals surface area contributed by atoms with E-state index in [1.165, 1.54) is 6.33 Å². The van der Waals surface area contributed by atoms with Crippen molar-refractivity contribution in [2.24, 2.45) is 0 Å². The van der Waals surface area contributed by atoms with Gasteiger partial charge in [-0.25, -0.2) is 9.97 Å². The lowest BCUT2D eigenvalue weighted by Crippen LogP contribution is -1.86. The molecule has 0 saturated carbocycles. The molecule has 2 rings (SSSR count). The Bertz CT molecular complexity index is 477. The van der Waals surface area contributed by atoms with E-state index in [1.807, 2.05) is 31.2 Å². The van der Waals surface area contributed by atoms with E-state index in [0.29, 0.717) is 5.75 Å². The SMILES string of the molecule is C=C(C)c1ccc(Oc2cncnc2)cc1. The molecule has 1 aromatic carbocycles. The number of nitrogens with zero attached hydrogens (tertiary/aromatic N) is 2. The van der Waals surface area contributed by atoms with Crippen LogP contribution in [-0.2, 0) is 0 Å². The maximum atomic E-state index is 5.56. The second kappa shape index (κ2) is 4.57. The van der Waals surface area contributed by atoms with Crippen LogP contribution in [0.25, 0.3) is 5.57 Å². The molecule has 0 aliphatic rings. The number of rotatable bonds is 3. The minimum Gasteiger partial charge on any atom is -0.454 e. The lowest BCUT2D eigenvalue weighted by atomic mass is 10.1. The Morgan fingerprint density at radius 1 is 1.06 bits per heavy atom. The van der Waals surface area contributed by atoms with E-state index in [-0.39, 0.29) is 0 Å². The van der Waals surface area contributed by atoms with Gasteiger partial charge in [-0.05, 0) is 24.6 Å². The van der Waals surface area contributed by atoms with Gasteiger partial charge in [0.15, 0.2) is 5.75 Å². The number of aromatic nitrogens is 2. The first-order valence-corrected chi connectivity index (χ1v) is 4.94. The van der Waals surface area contributed by atoms with Crippen LogP contribution in [0.4, 0.5) is 0 Å². The lowest BCUT2D eigenvalue weighted by Gasteiger charge is -2.05. The molecule has 1 heterocycles. The van der Waals surface area contributed by atoms with E-state index >= 15 is 0 Å². The molecule has 0 N–H and O–H groups in total. The molecule has 0 aliphatic heterocycles. The van der Waals surface area contributed by atoms with Crippen molar-refractivity contribution >= 4 is 5.57 Å². The molecule has 0 saturated heterocycles. The van der Waals surface area contributed by atoms with Crippen LogP contribution < -0.4 is 4.74 Å². The molecule has 0 unspecified atom stereocenters. The molecular formula is C13H12N2O. The van der Waals surface area contributed by atoms with Crippen LogP contribution in [0, 0.1) is 0 Å². The van der Waals surface area contributed by atoms with Crippen LogP contribution in [0.3, 0.4) is 0 Å². The number of hydrogen-bond acceptors (Lipinski definition) is 3. The quantitative estimate of drug-likeness (QED) is 0.783. The molecule has 16 heavy (non-hydrogen) atoms. The minimum absolute atomic E-state index is 0.630. The number of benzene rings is 1. The fourth-order valence-corrected chi connectivity index (χ4v) is 1.28. The fourth-order valence-electron chi connectivity index (χ4n) is 1.28. The number of allylic oxidation sites excluding steroid dienone is 1. The summed E-state index contributed by atoms with van der Waals surface area (Å²) in [6, 6.07) is 7.75. The first-order chi connectivity index (χ1) is 7.75. The van der Waals surface area contributed by atoms with Gasteiger partial charge in [0.05, 0.1) is 12.4 Å². The summed E-state index contributed by atoms with van der Waals surface area (Å²) < 4.78 is 5.56. The van der Waals surface area contributed by atoms with Gasteiger partial charge >= 0.3 is 0 Å². The molecule has 0 bridgehead atoms. The van der Waals surface area contributed by atoms with Crippen molar-refractivity contribution in [1.82, 2.24) is 9.97 Å². The molecule has 2 aromatic rings. The summed E-state index contributed by atoms with van der Waals surface area (Å²) in [7, 11) is 0. The topological polar surface area (TPSA) is 35.0 Å². The van der Waals surface area contributed by atoms with E-state index < -0.39 is 0 Å². The van der Waals surface area contributed by atoms with Gasteiger partial charge in [-0.2, -0.15) is 0 Å². The lowest BCUT2D eigenvalue weighted by molar-refractivity contribution is 0.477. The number of ether oxygens (including phenoxy) is 1. The van der Waals surface area contributed by atoms with Gasteiger partial charge in [0.25, 0.3) is 0 Å². The summed E-state index contributed by atoms with van der Waals surface area (Å²) in [5.74, 6) is 1.39. The van der Waals surface area contributed by atoms with Crippen LogP contribution in [0.15, 0.2) is 49.6 Å². The maximum Gasteiger partial charge on any atom is 0.163 e. The summed E-state index contributed by atoms with van der Waals surface area (Å²) in [5.41, 5.74) is 2.14. The molecule has 0 amide bonds. The minimum atomic E-state index is 0.630. The van der Waals surface area contributed by atoms with Crippen molar-refractivity contribution in [3.8, 4) is 11.5 Å². The maximum absolute atomic E-state index is 5.56. The molecule has 1 aromatic heterocycles. The summed E-state index contributed by atoms with van der Waals surface area (Å²) in [4.78, 5) is 7.75. The van der Waals surface area contributed by atoms with Crippen molar-refractivity contribution in [2.75, 3.05) is 0 Å². The van der Waals surface area contributed by atoms with E-state index in [1.54, 1.807) is 12.4 Å². The van der Waals surface area contributed by atoms with Crippen molar-refractivity contribution in [3.05, 3.63) is 55.1 Å². The zero-order valence-electron chi connectivity index (χ0n) is 9.05. The molecule has 3 nitrogen and oxygen atoms in total. The smallest absolute Gasteiger partial charge is 0.163 e. The van der Waals surface area contributed by atoms with Gasteiger partial charge in [0.1, 0.15) is 12.1 Å². The van der Waals surface area contributed by atoms with E-state index in [9.17, 15) is 0 Å². The number of hydrogen-bond donors (Lipinski definition) is 0. The Labute approximate surface area is 94.4 Å². The van der Waals surface area contributed by atoms with Gasteiger partial charge in [0.2, 0.25) is 0 Å². The average Bonchev–Trinajstić information content (AvgIpc) is 2.31.